The smallest absolute Gasteiger partial charge is 0.306 e. The van der Waals surface area contributed by atoms with E-state index in [2.05, 4.69) is 93.7 Å². The summed E-state index contributed by atoms with van der Waals surface area (Å²) in [4.78, 5) is 38.3. The number of allylic oxidation sites excluding steroid dienone is 12. The lowest BCUT2D eigenvalue weighted by atomic mass is 10.0. The quantitative estimate of drug-likeness (QED) is 0.0199. The number of unbranched alkanes of at least 4 members (excludes halogenated alkanes) is 36. The highest BCUT2D eigenvalue weighted by molar-refractivity contribution is 5.71. The van der Waals surface area contributed by atoms with Gasteiger partial charge in [-0.2, -0.15) is 0 Å². The molecule has 0 aromatic carbocycles. The number of carbonyl (C=O) groups is 3. The minimum atomic E-state index is -0.788. The molecule has 0 saturated carbocycles. The number of hydrogen-bond acceptors (Lipinski definition) is 6. The highest BCUT2D eigenvalue weighted by Crippen LogP contribution is 2.17. The molecule has 0 N–H and O–H groups in total. The first-order valence-corrected chi connectivity index (χ1v) is 32.0. The number of ether oxygens (including phenoxy) is 3. The third kappa shape index (κ3) is 59.7. The summed E-state index contributed by atoms with van der Waals surface area (Å²) < 4.78 is 16.9. The summed E-state index contributed by atoms with van der Waals surface area (Å²) in [6.45, 7) is 6.54. The van der Waals surface area contributed by atoms with Gasteiger partial charge >= 0.3 is 17.9 Å². The lowest BCUT2D eigenvalue weighted by molar-refractivity contribution is -0.167. The first-order valence-electron chi connectivity index (χ1n) is 32.0. The van der Waals surface area contributed by atoms with E-state index in [9.17, 15) is 14.4 Å². The van der Waals surface area contributed by atoms with E-state index >= 15 is 0 Å². The van der Waals surface area contributed by atoms with Gasteiger partial charge in [0.25, 0.3) is 0 Å². The van der Waals surface area contributed by atoms with Crippen LogP contribution in [0.25, 0.3) is 0 Å². The maximum atomic E-state index is 12.9. The van der Waals surface area contributed by atoms with Crippen LogP contribution in [0.1, 0.15) is 323 Å². The van der Waals surface area contributed by atoms with Crippen LogP contribution in [-0.4, -0.2) is 37.2 Å². The van der Waals surface area contributed by atoms with E-state index in [1.165, 1.54) is 173 Å². The Kier molecular flexibility index (Phi) is 59.7. The zero-order chi connectivity index (χ0) is 53.6. The second-order valence-corrected chi connectivity index (χ2v) is 21.3. The summed E-state index contributed by atoms with van der Waals surface area (Å²) in [5.74, 6) is -0.896. The molecule has 0 saturated heterocycles. The Morgan fingerprint density at radius 3 is 0.905 bits per heavy atom. The topological polar surface area (TPSA) is 78.9 Å². The van der Waals surface area contributed by atoms with Gasteiger partial charge in [0.2, 0.25) is 0 Å². The summed E-state index contributed by atoms with van der Waals surface area (Å²) in [6, 6.07) is 0. The molecule has 0 aliphatic rings. The summed E-state index contributed by atoms with van der Waals surface area (Å²) in [7, 11) is 0. The van der Waals surface area contributed by atoms with Gasteiger partial charge in [-0.3, -0.25) is 14.4 Å². The predicted molar refractivity (Wildman–Crippen MR) is 321 cm³/mol. The van der Waals surface area contributed by atoms with Gasteiger partial charge in [0, 0.05) is 19.3 Å². The minimum absolute atomic E-state index is 0.0855. The molecular weight excluding hydrogens is 913 g/mol. The Hall–Kier alpha value is -3.15. The molecule has 0 bridgehead atoms. The van der Waals surface area contributed by atoms with Gasteiger partial charge in [0.05, 0.1) is 0 Å². The number of rotatable bonds is 58. The molecule has 0 aromatic heterocycles. The normalized spacial score (nSPS) is 12.5. The van der Waals surface area contributed by atoms with Gasteiger partial charge in [-0.1, -0.05) is 293 Å². The van der Waals surface area contributed by atoms with Gasteiger partial charge in [0.1, 0.15) is 13.2 Å². The highest BCUT2D eigenvalue weighted by atomic mass is 16.6. The molecule has 0 spiro atoms. The molecule has 0 rings (SSSR count). The van der Waals surface area contributed by atoms with Crippen LogP contribution in [0, 0.1) is 0 Å². The first-order chi connectivity index (χ1) is 36.5. The average Bonchev–Trinajstić information content (AvgIpc) is 3.40. The molecule has 0 heterocycles. The Morgan fingerprint density at radius 1 is 0.297 bits per heavy atom. The van der Waals surface area contributed by atoms with E-state index in [4.69, 9.17) is 14.2 Å². The van der Waals surface area contributed by atoms with Crippen molar-refractivity contribution in [3.05, 3.63) is 72.9 Å². The molecule has 428 valence electrons. The standard InChI is InChI=1S/C68H120O6/c1-4-7-10-13-16-19-22-25-28-31-34-37-40-43-46-49-52-55-58-61-67(70)73-64-65(63-72-66(69)60-57-54-51-48-45-42-39-36-33-30-27-24-21-18-15-12-9-6-3)74-68(71)62-59-56-53-50-47-44-41-38-35-32-29-26-23-20-17-14-11-8-5-2/h7,10,16,19,25,28,30,33-34,36-37,39,65H,4-6,8-9,11-15,17-18,20-24,26-27,29,31-32,35,38,40-64H2,1-3H3/b10-7-,19-16-,28-25-,33-30-,37-34-,39-36-. The van der Waals surface area contributed by atoms with Gasteiger partial charge in [-0.05, 0) is 83.5 Å². The predicted octanol–water partition coefficient (Wildman–Crippen LogP) is 21.7. The average molecular weight is 1030 g/mol. The molecule has 0 radical (unpaired) electrons. The third-order valence-corrected chi connectivity index (χ3v) is 14.0. The second kappa shape index (κ2) is 62.4. The van der Waals surface area contributed by atoms with Crippen molar-refractivity contribution in [3.63, 3.8) is 0 Å². The fourth-order valence-electron chi connectivity index (χ4n) is 9.19. The maximum absolute atomic E-state index is 12.9. The summed E-state index contributed by atoms with van der Waals surface area (Å²) in [5.41, 5.74) is 0. The van der Waals surface area contributed by atoms with Crippen molar-refractivity contribution in [1.29, 1.82) is 0 Å². The minimum Gasteiger partial charge on any atom is -0.462 e. The van der Waals surface area contributed by atoms with Crippen LogP contribution in [-0.2, 0) is 28.6 Å². The molecule has 0 aliphatic carbocycles. The molecule has 6 heteroatoms. The van der Waals surface area contributed by atoms with E-state index < -0.39 is 6.10 Å². The Labute approximate surface area is 459 Å². The molecule has 0 aromatic rings. The van der Waals surface area contributed by atoms with Crippen LogP contribution < -0.4 is 0 Å². The van der Waals surface area contributed by atoms with Crippen LogP contribution in [0.4, 0.5) is 0 Å². The lowest BCUT2D eigenvalue weighted by Gasteiger charge is -2.18. The number of carbonyl (C=O) groups excluding carboxylic acids is 3. The van der Waals surface area contributed by atoms with E-state index in [-0.39, 0.29) is 31.1 Å². The Balaban J connectivity index is 4.41. The first kappa shape index (κ1) is 70.8. The molecule has 1 unspecified atom stereocenters. The van der Waals surface area contributed by atoms with Gasteiger partial charge in [-0.15, -0.1) is 0 Å². The van der Waals surface area contributed by atoms with Crippen molar-refractivity contribution in [2.24, 2.45) is 0 Å². The van der Waals surface area contributed by atoms with Crippen LogP contribution in [0.5, 0.6) is 0 Å². The van der Waals surface area contributed by atoms with Crippen LogP contribution >= 0.6 is 0 Å². The SMILES string of the molecule is CC/C=C\C/C=C\C/C=C\C/C=C\CCCCCCCCC(=O)OCC(COC(=O)CCCCCCC/C=C\C=C/CCCCCCCCC)OC(=O)CCCCCCCCCCCCCCCCCCCCC. The van der Waals surface area contributed by atoms with Crippen LogP contribution in [0.2, 0.25) is 0 Å². The monoisotopic (exact) mass is 1030 g/mol. The van der Waals surface area contributed by atoms with E-state index in [0.29, 0.717) is 19.3 Å². The third-order valence-electron chi connectivity index (χ3n) is 14.0. The van der Waals surface area contributed by atoms with Gasteiger partial charge in [-0.25, -0.2) is 0 Å². The largest absolute Gasteiger partial charge is 0.462 e. The maximum Gasteiger partial charge on any atom is 0.306 e. The van der Waals surface area contributed by atoms with E-state index in [1.54, 1.807) is 0 Å². The van der Waals surface area contributed by atoms with Crippen molar-refractivity contribution >= 4 is 17.9 Å². The second-order valence-electron chi connectivity index (χ2n) is 21.3. The van der Waals surface area contributed by atoms with Crippen LogP contribution in [0.3, 0.4) is 0 Å². The molecule has 0 aliphatic heterocycles. The van der Waals surface area contributed by atoms with Crippen molar-refractivity contribution in [2.45, 2.75) is 329 Å². The lowest BCUT2D eigenvalue weighted by Crippen LogP contribution is -2.30. The molecule has 6 nitrogen and oxygen atoms in total. The zero-order valence-electron chi connectivity index (χ0n) is 49.1. The number of esters is 3. The summed E-state index contributed by atoms with van der Waals surface area (Å²) in [5, 5.41) is 0. The van der Waals surface area contributed by atoms with Gasteiger partial charge in [0.15, 0.2) is 6.10 Å². The molecule has 74 heavy (non-hydrogen) atoms. The fraction of sp³-hybridized carbons (Fsp3) is 0.779. The zero-order valence-corrected chi connectivity index (χ0v) is 49.1. The van der Waals surface area contributed by atoms with Crippen molar-refractivity contribution in [3.8, 4) is 0 Å². The molecule has 1 atom stereocenters. The van der Waals surface area contributed by atoms with Gasteiger partial charge < -0.3 is 14.2 Å². The highest BCUT2D eigenvalue weighted by Gasteiger charge is 2.19. The van der Waals surface area contributed by atoms with E-state index in [0.717, 1.165) is 109 Å². The fourth-order valence-corrected chi connectivity index (χ4v) is 9.19. The van der Waals surface area contributed by atoms with E-state index in [1.807, 2.05) is 0 Å². The summed E-state index contributed by atoms with van der Waals surface area (Å²) in [6.07, 6.45) is 80.4. The van der Waals surface area contributed by atoms with Crippen molar-refractivity contribution < 1.29 is 28.6 Å². The molecule has 0 fully saturated rings. The number of hydrogen-bond donors (Lipinski definition) is 0. The molecular formula is C68H120O6. The van der Waals surface area contributed by atoms with Crippen molar-refractivity contribution in [1.82, 2.24) is 0 Å². The molecule has 0 amide bonds. The van der Waals surface area contributed by atoms with Crippen molar-refractivity contribution in [2.75, 3.05) is 13.2 Å². The summed E-state index contributed by atoms with van der Waals surface area (Å²) >= 11 is 0. The van der Waals surface area contributed by atoms with Crippen LogP contribution in [0.15, 0.2) is 72.9 Å². The Bertz CT molecular complexity index is 1370. The Morgan fingerprint density at radius 2 is 0.568 bits per heavy atom.